The molecule has 1 radical (unpaired) electrons. The largest absolute Gasteiger partial charge is 0.673 e. The number of halogens is 4. The number of aliphatic hydroxyl groups excluding tert-OH is 2. The van der Waals surface area contributed by atoms with E-state index in [-0.39, 0.29) is 19.5 Å². The van der Waals surface area contributed by atoms with Gasteiger partial charge in [0.1, 0.15) is 0 Å². The van der Waals surface area contributed by atoms with Crippen molar-refractivity contribution in [3.8, 4) is 0 Å². The van der Waals surface area contributed by atoms with Gasteiger partial charge in [0.15, 0.2) is 0 Å². The zero-order valence-electron chi connectivity index (χ0n) is 25.5. The van der Waals surface area contributed by atoms with E-state index in [1.807, 2.05) is 72.8 Å². The van der Waals surface area contributed by atoms with Gasteiger partial charge in [0.2, 0.25) is 0 Å². The topological polar surface area (TPSA) is 40.5 Å². The maximum absolute atomic E-state index is 11.1. The second-order valence-corrected chi connectivity index (χ2v) is 14.8. The van der Waals surface area contributed by atoms with Crippen molar-refractivity contribution in [2.45, 2.75) is 37.9 Å². The van der Waals surface area contributed by atoms with Crippen molar-refractivity contribution in [1.82, 2.24) is 0 Å². The standard InChI is InChI=1S/C28H28O2P2.C8H12.BF4.Rh/c29-27(21-31(23-13-5-1-6-14-23)24-15-7-2-8-16-24)28(30)22-32(25-17-9-3-10-18-25)26-19-11-4-12-20-26;1-2-4-6-8-7-5-3-1;2-1(3,4)5;/h1-20,27-30H,21-22H2;1-2,7-8H,3-6H2;;/q;;-1;/b;2-1-,8-7-;;/t27-,28-;;;/m0.../s1. The van der Waals surface area contributed by atoms with Crippen LogP contribution in [0.15, 0.2) is 146 Å². The van der Waals surface area contributed by atoms with Gasteiger partial charge in [-0.1, -0.05) is 146 Å². The Hall–Kier alpha value is -2.45. The second kappa shape index (κ2) is 22.2. The molecule has 2 nitrogen and oxygen atoms in total. The van der Waals surface area contributed by atoms with Crippen LogP contribution in [0.4, 0.5) is 17.3 Å². The Labute approximate surface area is 286 Å². The van der Waals surface area contributed by atoms with E-state index >= 15 is 0 Å². The first-order valence-corrected chi connectivity index (χ1v) is 18.1. The number of hydrogen-bond donors (Lipinski definition) is 2. The molecular weight excluding hydrogens is 716 g/mol. The van der Waals surface area contributed by atoms with Gasteiger partial charge in [0, 0.05) is 31.8 Å². The molecule has 0 heterocycles. The minimum atomic E-state index is -6.00. The maximum atomic E-state index is 11.1. The van der Waals surface area contributed by atoms with Gasteiger partial charge in [0.25, 0.3) is 0 Å². The predicted molar refractivity (Wildman–Crippen MR) is 187 cm³/mol. The summed E-state index contributed by atoms with van der Waals surface area (Å²) in [4.78, 5) is 0. The van der Waals surface area contributed by atoms with Crippen molar-refractivity contribution >= 4 is 44.3 Å². The van der Waals surface area contributed by atoms with Crippen molar-refractivity contribution in [3.63, 3.8) is 0 Å². The summed E-state index contributed by atoms with van der Waals surface area (Å²) in [6.45, 7) is 0. The smallest absolute Gasteiger partial charge is 0.418 e. The van der Waals surface area contributed by atoms with Gasteiger partial charge in [-0.25, -0.2) is 0 Å². The fraction of sp³-hybridized carbons (Fsp3) is 0.222. The van der Waals surface area contributed by atoms with E-state index in [1.165, 1.54) is 46.9 Å². The number of rotatable bonds is 9. The Kier molecular flexibility index (Phi) is 19.2. The van der Waals surface area contributed by atoms with Gasteiger partial charge in [-0.15, -0.1) is 0 Å². The van der Waals surface area contributed by atoms with Crippen LogP contribution in [0.3, 0.4) is 0 Å². The van der Waals surface area contributed by atoms with Gasteiger partial charge in [-0.05, 0) is 62.7 Å². The molecule has 46 heavy (non-hydrogen) atoms. The molecule has 2 atom stereocenters. The molecule has 4 aromatic carbocycles. The third-order valence-electron chi connectivity index (χ3n) is 6.79. The normalized spacial score (nSPS) is 15.4. The molecule has 0 aromatic heterocycles. The summed E-state index contributed by atoms with van der Waals surface area (Å²) < 4.78 is 39.0. The molecule has 0 saturated carbocycles. The summed E-state index contributed by atoms with van der Waals surface area (Å²) in [6, 6.07) is 41.4. The average Bonchev–Trinajstić information content (AvgIpc) is 3.03. The van der Waals surface area contributed by atoms with E-state index in [1.54, 1.807) is 0 Å². The number of allylic oxidation sites excluding steroid dienone is 4. The molecule has 1 aliphatic carbocycles. The molecule has 0 bridgehead atoms. The summed E-state index contributed by atoms with van der Waals surface area (Å²) in [5, 5.41) is 27.1. The van der Waals surface area contributed by atoms with Crippen LogP contribution < -0.4 is 21.2 Å². The van der Waals surface area contributed by atoms with E-state index in [4.69, 9.17) is 0 Å². The van der Waals surface area contributed by atoms with E-state index < -0.39 is 35.3 Å². The average molecular weight is 756 g/mol. The predicted octanol–water partition coefficient (Wildman–Crippen LogP) is 7.94. The summed E-state index contributed by atoms with van der Waals surface area (Å²) in [6.07, 6.45) is 13.5. The van der Waals surface area contributed by atoms with Crippen LogP contribution in [0.2, 0.25) is 0 Å². The monoisotopic (exact) mass is 756 g/mol. The molecule has 247 valence electrons. The van der Waals surface area contributed by atoms with Crippen molar-refractivity contribution in [2.75, 3.05) is 12.3 Å². The SMILES string of the molecule is C1=C\CC/C=C\CC/1.F[B-](F)(F)F.O[C@@H](CP(c1ccccc1)c1ccccc1)[C@@H](O)CP(c1ccccc1)c1ccccc1.[Rh]. The van der Waals surface area contributed by atoms with Gasteiger partial charge in [-0.2, -0.15) is 0 Å². The van der Waals surface area contributed by atoms with Gasteiger partial charge < -0.3 is 27.5 Å². The maximum Gasteiger partial charge on any atom is 0.673 e. The molecule has 0 saturated heterocycles. The number of benzene rings is 4. The Morgan fingerprint density at radius 1 is 0.457 bits per heavy atom. The summed E-state index contributed by atoms with van der Waals surface area (Å²) >= 11 is 0. The zero-order valence-corrected chi connectivity index (χ0v) is 28.9. The Bertz CT molecular complexity index is 1200. The quantitative estimate of drug-likeness (QED) is 0.0789. The van der Waals surface area contributed by atoms with E-state index in [2.05, 4.69) is 72.8 Å². The van der Waals surface area contributed by atoms with E-state index in [9.17, 15) is 27.5 Å². The third-order valence-corrected chi connectivity index (χ3v) is 12.0. The summed E-state index contributed by atoms with van der Waals surface area (Å²) in [5.41, 5.74) is 0. The Morgan fingerprint density at radius 3 is 0.848 bits per heavy atom. The summed E-state index contributed by atoms with van der Waals surface area (Å²) in [7, 11) is -7.52. The van der Waals surface area contributed by atoms with Crippen LogP contribution in [-0.4, -0.2) is 42.0 Å². The van der Waals surface area contributed by atoms with Crippen LogP contribution in [0.5, 0.6) is 0 Å². The van der Waals surface area contributed by atoms with Crippen LogP contribution in [0.1, 0.15) is 25.7 Å². The second-order valence-electron chi connectivity index (χ2n) is 10.3. The fourth-order valence-corrected chi connectivity index (χ4v) is 9.43. The molecule has 2 N–H and O–H groups in total. The molecule has 0 amide bonds. The van der Waals surface area contributed by atoms with Gasteiger partial charge in [0.05, 0.1) is 12.2 Å². The molecule has 5 rings (SSSR count). The first kappa shape index (κ1) is 39.7. The molecule has 4 aromatic rings. The van der Waals surface area contributed by atoms with Crippen molar-refractivity contribution < 1.29 is 47.0 Å². The molecule has 1 aliphatic rings. The van der Waals surface area contributed by atoms with Crippen molar-refractivity contribution in [3.05, 3.63) is 146 Å². The van der Waals surface area contributed by atoms with Crippen LogP contribution >= 0.6 is 15.8 Å². The van der Waals surface area contributed by atoms with Crippen LogP contribution in [-0.2, 0) is 19.5 Å². The zero-order chi connectivity index (χ0) is 32.3. The van der Waals surface area contributed by atoms with E-state index in [0.29, 0.717) is 12.3 Å². The van der Waals surface area contributed by atoms with E-state index in [0.717, 1.165) is 0 Å². The minimum absolute atomic E-state index is 0. The summed E-state index contributed by atoms with van der Waals surface area (Å²) in [5.74, 6) is 0. The molecule has 10 heteroatoms. The van der Waals surface area contributed by atoms with Crippen LogP contribution in [0, 0.1) is 0 Å². The van der Waals surface area contributed by atoms with Crippen molar-refractivity contribution in [2.24, 2.45) is 0 Å². The Morgan fingerprint density at radius 2 is 0.652 bits per heavy atom. The molecule has 0 aliphatic heterocycles. The first-order valence-electron chi connectivity index (χ1n) is 15.0. The van der Waals surface area contributed by atoms with Gasteiger partial charge in [-0.3, -0.25) is 0 Å². The molecule has 0 fully saturated rings. The number of hydrogen-bond acceptors (Lipinski definition) is 2. The van der Waals surface area contributed by atoms with Gasteiger partial charge >= 0.3 is 7.25 Å². The van der Waals surface area contributed by atoms with Crippen LogP contribution in [0.25, 0.3) is 0 Å². The first-order chi connectivity index (χ1) is 21.7. The number of aliphatic hydroxyl groups is 2. The molecule has 0 spiro atoms. The molecular formula is C36H40BF4O2P2Rh-. The minimum Gasteiger partial charge on any atom is -0.418 e. The third kappa shape index (κ3) is 15.9. The molecule has 0 unspecified atom stereocenters. The fourth-order valence-electron chi connectivity index (χ4n) is 4.63. The van der Waals surface area contributed by atoms with Crippen molar-refractivity contribution in [1.29, 1.82) is 0 Å². The Balaban J connectivity index is 0.000000440.